The fourth-order valence-corrected chi connectivity index (χ4v) is 2.66. The van der Waals surface area contributed by atoms with Gasteiger partial charge in [-0.25, -0.2) is 0 Å². The van der Waals surface area contributed by atoms with Crippen molar-refractivity contribution >= 4 is 29.3 Å². The third-order valence-electron chi connectivity index (χ3n) is 3.97. The molecule has 1 amide bonds. The Hall–Kier alpha value is -1.52. The number of para-hydroxylation sites is 1. The number of carbonyl (C=O) groups is 1. The van der Waals surface area contributed by atoms with E-state index in [9.17, 15) is 4.79 Å². The number of furan rings is 1. The van der Waals surface area contributed by atoms with Gasteiger partial charge in [0.25, 0.3) is 5.91 Å². The van der Waals surface area contributed by atoms with Crippen LogP contribution in [0.4, 0.5) is 0 Å². The first-order valence-corrected chi connectivity index (χ1v) is 6.68. The fourth-order valence-electron chi connectivity index (χ4n) is 2.66. The smallest absolute Gasteiger partial charge is 0.257 e. The monoisotopic (exact) mass is 294 g/mol. The fraction of sp³-hybridized carbons (Fsp3) is 0.400. The average molecular weight is 295 g/mol. The Morgan fingerprint density at radius 1 is 1.40 bits per heavy atom. The van der Waals surface area contributed by atoms with Crippen LogP contribution in [0.3, 0.4) is 0 Å². The van der Waals surface area contributed by atoms with E-state index in [0.717, 1.165) is 30.5 Å². The van der Waals surface area contributed by atoms with Crippen LogP contribution in [0.2, 0.25) is 0 Å². The van der Waals surface area contributed by atoms with Crippen molar-refractivity contribution in [3.05, 3.63) is 36.1 Å². The van der Waals surface area contributed by atoms with Gasteiger partial charge in [0.15, 0.2) is 0 Å². The van der Waals surface area contributed by atoms with Crippen molar-refractivity contribution in [2.45, 2.75) is 19.4 Å². The largest absolute Gasteiger partial charge is 0.463 e. The topological polar surface area (TPSA) is 59.5 Å². The molecule has 0 bridgehead atoms. The molecular weight excluding hydrogens is 276 g/mol. The molecule has 1 aromatic heterocycles. The van der Waals surface area contributed by atoms with E-state index in [4.69, 9.17) is 10.2 Å². The van der Waals surface area contributed by atoms with E-state index in [1.54, 1.807) is 6.26 Å². The number of amides is 1. The highest BCUT2D eigenvalue weighted by molar-refractivity contribution is 6.05. The molecule has 2 aromatic rings. The van der Waals surface area contributed by atoms with Gasteiger partial charge in [-0.2, -0.15) is 0 Å². The minimum atomic E-state index is 0. The van der Waals surface area contributed by atoms with Gasteiger partial charge in [0.1, 0.15) is 11.8 Å². The molecule has 1 fully saturated rings. The van der Waals surface area contributed by atoms with Crippen molar-refractivity contribution in [2.75, 3.05) is 13.1 Å². The summed E-state index contributed by atoms with van der Waals surface area (Å²) in [6, 6.07) is 7.82. The molecule has 2 atom stereocenters. The lowest BCUT2D eigenvalue weighted by Crippen LogP contribution is -2.48. The van der Waals surface area contributed by atoms with Crippen molar-refractivity contribution in [1.82, 2.24) is 4.90 Å². The quantitative estimate of drug-likeness (QED) is 0.879. The standard InChI is InChI=1S/C15H18N2O2.ClH/c1-10-8-17(7-6-13(10)16)15(18)12-9-19-14-5-3-2-4-11(12)14;/h2-5,9-10,13H,6-8,16H2,1H3;1H. The average Bonchev–Trinajstić information content (AvgIpc) is 2.85. The van der Waals surface area contributed by atoms with Gasteiger partial charge in [-0.3, -0.25) is 4.79 Å². The van der Waals surface area contributed by atoms with E-state index < -0.39 is 0 Å². The Balaban J connectivity index is 0.00000147. The van der Waals surface area contributed by atoms with Gasteiger partial charge in [-0.05, 0) is 18.4 Å². The summed E-state index contributed by atoms with van der Waals surface area (Å²) in [7, 11) is 0. The molecule has 0 radical (unpaired) electrons. The van der Waals surface area contributed by atoms with Crippen molar-refractivity contribution in [2.24, 2.45) is 11.7 Å². The third kappa shape index (κ3) is 2.53. The number of halogens is 1. The third-order valence-corrected chi connectivity index (χ3v) is 3.97. The second-order valence-corrected chi connectivity index (χ2v) is 5.33. The van der Waals surface area contributed by atoms with Crippen molar-refractivity contribution in [3.63, 3.8) is 0 Å². The zero-order valence-corrected chi connectivity index (χ0v) is 12.2. The van der Waals surface area contributed by atoms with Crippen molar-refractivity contribution in [3.8, 4) is 0 Å². The van der Waals surface area contributed by atoms with Crippen LogP contribution in [0.1, 0.15) is 23.7 Å². The maximum Gasteiger partial charge on any atom is 0.257 e. The van der Waals surface area contributed by atoms with Gasteiger partial charge in [-0.15, -0.1) is 12.4 Å². The lowest BCUT2D eigenvalue weighted by atomic mass is 9.94. The van der Waals surface area contributed by atoms with Crippen LogP contribution in [-0.4, -0.2) is 29.9 Å². The summed E-state index contributed by atoms with van der Waals surface area (Å²) >= 11 is 0. The van der Waals surface area contributed by atoms with Gasteiger partial charge < -0.3 is 15.1 Å². The van der Waals surface area contributed by atoms with E-state index in [1.165, 1.54) is 0 Å². The maximum absolute atomic E-state index is 12.6. The summed E-state index contributed by atoms with van der Waals surface area (Å²) in [5, 5.41) is 0.884. The number of hydrogen-bond donors (Lipinski definition) is 1. The summed E-state index contributed by atoms with van der Waals surface area (Å²) in [4.78, 5) is 14.4. The Morgan fingerprint density at radius 2 is 2.15 bits per heavy atom. The number of piperidine rings is 1. The molecule has 5 heteroatoms. The van der Waals surface area contributed by atoms with E-state index in [1.807, 2.05) is 29.2 Å². The molecule has 20 heavy (non-hydrogen) atoms. The lowest BCUT2D eigenvalue weighted by Gasteiger charge is -2.34. The van der Waals surface area contributed by atoms with Crippen molar-refractivity contribution < 1.29 is 9.21 Å². The zero-order chi connectivity index (χ0) is 13.4. The van der Waals surface area contributed by atoms with E-state index in [-0.39, 0.29) is 24.4 Å². The Labute approximate surface area is 124 Å². The number of benzene rings is 1. The first kappa shape index (κ1) is 14.9. The van der Waals surface area contributed by atoms with E-state index in [0.29, 0.717) is 11.5 Å². The number of fused-ring (bicyclic) bond motifs is 1. The minimum Gasteiger partial charge on any atom is -0.463 e. The van der Waals surface area contributed by atoms with Gasteiger partial charge in [0.2, 0.25) is 0 Å². The summed E-state index contributed by atoms with van der Waals surface area (Å²) in [6.07, 6.45) is 2.43. The molecule has 4 nitrogen and oxygen atoms in total. The molecule has 108 valence electrons. The molecule has 2 unspecified atom stereocenters. The van der Waals surface area contributed by atoms with E-state index >= 15 is 0 Å². The number of nitrogens with two attached hydrogens (primary N) is 1. The highest BCUT2D eigenvalue weighted by atomic mass is 35.5. The summed E-state index contributed by atoms with van der Waals surface area (Å²) < 4.78 is 5.44. The Bertz CT molecular complexity index is 611. The molecule has 1 aromatic carbocycles. The predicted molar refractivity (Wildman–Crippen MR) is 81.1 cm³/mol. The first-order chi connectivity index (χ1) is 9.16. The number of nitrogens with zero attached hydrogens (tertiary/aromatic N) is 1. The highest BCUT2D eigenvalue weighted by Gasteiger charge is 2.28. The van der Waals surface area contributed by atoms with Crippen LogP contribution < -0.4 is 5.73 Å². The number of rotatable bonds is 1. The van der Waals surface area contributed by atoms with Gasteiger partial charge in [-0.1, -0.05) is 25.1 Å². The molecule has 0 saturated carbocycles. The molecule has 1 saturated heterocycles. The van der Waals surface area contributed by atoms with Crippen LogP contribution >= 0.6 is 12.4 Å². The molecule has 0 aliphatic carbocycles. The Morgan fingerprint density at radius 3 is 2.90 bits per heavy atom. The first-order valence-electron chi connectivity index (χ1n) is 6.68. The molecule has 2 N–H and O–H groups in total. The number of hydrogen-bond acceptors (Lipinski definition) is 3. The molecule has 3 rings (SSSR count). The molecule has 0 spiro atoms. The lowest BCUT2D eigenvalue weighted by molar-refractivity contribution is 0.0665. The zero-order valence-electron chi connectivity index (χ0n) is 11.4. The molecule has 1 aliphatic rings. The van der Waals surface area contributed by atoms with Crippen LogP contribution in [0.15, 0.2) is 34.9 Å². The minimum absolute atomic E-state index is 0. The van der Waals surface area contributed by atoms with Gasteiger partial charge >= 0.3 is 0 Å². The van der Waals surface area contributed by atoms with Crippen LogP contribution in [0.5, 0.6) is 0 Å². The molecule has 2 heterocycles. The predicted octanol–water partition coefficient (Wildman–Crippen LogP) is 2.66. The molecule has 1 aliphatic heterocycles. The summed E-state index contributed by atoms with van der Waals surface area (Å²) in [6.45, 7) is 3.54. The second-order valence-electron chi connectivity index (χ2n) is 5.33. The van der Waals surface area contributed by atoms with E-state index in [2.05, 4.69) is 6.92 Å². The number of likely N-dealkylation sites (tertiary alicyclic amines) is 1. The highest BCUT2D eigenvalue weighted by Crippen LogP contribution is 2.24. The second kappa shape index (κ2) is 5.85. The van der Waals surface area contributed by atoms with Crippen LogP contribution in [0.25, 0.3) is 11.0 Å². The van der Waals surface area contributed by atoms with Gasteiger partial charge in [0, 0.05) is 24.5 Å². The SMILES string of the molecule is CC1CN(C(=O)c2coc3ccccc23)CCC1N.Cl. The maximum atomic E-state index is 12.6. The summed E-state index contributed by atoms with van der Waals surface area (Å²) in [5.41, 5.74) is 7.40. The number of carbonyl (C=O) groups excluding carboxylic acids is 1. The van der Waals surface area contributed by atoms with Crippen LogP contribution in [0, 0.1) is 5.92 Å². The summed E-state index contributed by atoms with van der Waals surface area (Å²) in [5.74, 6) is 0.388. The Kier molecular flexibility index (Phi) is 4.35. The van der Waals surface area contributed by atoms with Crippen molar-refractivity contribution in [1.29, 1.82) is 0 Å². The van der Waals surface area contributed by atoms with Crippen LogP contribution in [-0.2, 0) is 0 Å². The van der Waals surface area contributed by atoms with Gasteiger partial charge in [0.05, 0.1) is 5.56 Å². The normalized spacial score (nSPS) is 22.6. The molecular formula is C15H19ClN2O2.